The molecular weight excluding hydrogens is 242 g/mol. The number of nitrogens with zero attached hydrogens (tertiary/aromatic N) is 1. The minimum absolute atomic E-state index is 0.00135. The molecule has 1 N–H and O–H groups in total. The van der Waals surface area contributed by atoms with E-state index >= 15 is 0 Å². The second kappa shape index (κ2) is 5.32. The molecule has 0 saturated heterocycles. The highest BCUT2D eigenvalue weighted by atomic mass is 79.9. The molecule has 0 bridgehead atoms. The van der Waals surface area contributed by atoms with Crippen LogP contribution in [0.3, 0.4) is 0 Å². The van der Waals surface area contributed by atoms with Crippen molar-refractivity contribution in [3.8, 4) is 23.7 Å². The third-order valence-electron chi connectivity index (χ3n) is 1.57. The fourth-order valence-corrected chi connectivity index (χ4v) is 1.11. The molecule has 1 aromatic carbocycles. The monoisotopic (exact) mass is 249 g/mol. The number of benzene rings is 1. The number of alkyl halides is 1. The third kappa shape index (κ3) is 2.80. The highest BCUT2D eigenvalue weighted by molar-refractivity contribution is 9.09. The molecule has 0 unspecified atom stereocenters. The van der Waals surface area contributed by atoms with Gasteiger partial charge in [0.25, 0.3) is 0 Å². The minimum atomic E-state index is -0.00135. The molecule has 0 radical (unpaired) electrons. The van der Waals surface area contributed by atoms with Gasteiger partial charge in [0.15, 0.2) is 0 Å². The van der Waals surface area contributed by atoms with Crippen molar-refractivity contribution in [3.05, 3.63) is 29.3 Å². The summed E-state index contributed by atoms with van der Waals surface area (Å²) in [6.07, 6.45) is 0.767. The van der Waals surface area contributed by atoms with Gasteiger partial charge in [-0.25, -0.2) is 0 Å². The van der Waals surface area contributed by atoms with Gasteiger partial charge in [0.05, 0.1) is 5.56 Å². The third-order valence-corrected chi connectivity index (χ3v) is 1.97. The number of halogens is 1. The topological polar surface area (TPSA) is 44.0 Å². The molecule has 14 heavy (non-hydrogen) atoms. The van der Waals surface area contributed by atoms with E-state index in [9.17, 15) is 5.11 Å². The first kappa shape index (κ1) is 10.6. The zero-order valence-electron chi connectivity index (χ0n) is 7.42. The fraction of sp³-hybridized carbons (Fsp3) is 0.182. The van der Waals surface area contributed by atoms with Crippen LogP contribution < -0.4 is 0 Å². The Morgan fingerprint density at radius 1 is 1.43 bits per heavy atom. The molecular formula is C11H8BrNO. The number of hydrogen-bond acceptors (Lipinski definition) is 2. The number of rotatable bonds is 1. The van der Waals surface area contributed by atoms with E-state index in [0.717, 1.165) is 17.3 Å². The number of phenolic OH excluding ortho intramolecular Hbond substituents is 1. The standard InChI is InChI=1S/C11H8BrNO/c12-6-2-1-3-9-4-5-11(14)10(7-9)8-13/h4-5,7,14H,2,6H2. The normalized spacial score (nSPS) is 8.57. The van der Waals surface area contributed by atoms with E-state index in [4.69, 9.17) is 5.26 Å². The van der Waals surface area contributed by atoms with Crippen LogP contribution in [0.5, 0.6) is 5.75 Å². The van der Waals surface area contributed by atoms with Crippen LogP contribution in [0, 0.1) is 23.2 Å². The Labute approximate surface area is 91.3 Å². The molecule has 0 fully saturated rings. The smallest absolute Gasteiger partial charge is 0.133 e. The SMILES string of the molecule is N#Cc1cc(C#CCCBr)ccc1O. The van der Waals surface area contributed by atoms with E-state index in [1.807, 2.05) is 6.07 Å². The lowest BCUT2D eigenvalue weighted by atomic mass is 10.1. The lowest BCUT2D eigenvalue weighted by Crippen LogP contribution is -1.80. The van der Waals surface area contributed by atoms with Gasteiger partial charge < -0.3 is 5.11 Å². The van der Waals surface area contributed by atoms with Crippen molar-refractivity contribution >= 4 is 15.9 Å². The molecule has 2 nitrogen and oxygen atoms in total. The van der Waals surface area contributed by atoms with Crippen molar-refractivity contribution in [2.24, 2.45) is 0 Å². The van der Waals surface area contributed by atoms with Gasteiger partial charge in [0, 0.05) is 17.3 Å². The van der Waals surface area contributed by atoms with Crippen molar-refractivity contribution < 1.29 is 5.11 Å². The molecule has 3 heteroatoms. The van der Waals surface area contributed by atoms with Crippen LogP contribution in [0.15, 0.2) is 18.2 Å². The summed E-state index contributed by atoms with van der Waals surface area (Å²) in [4.78, 5) is 0. The van der Waals surface area contributed by atoms with Gasteiger partial charge in [0.2, 0.25) is 0 Å². The van der Waals surface area contributed by atoms with Gasteiger partial charge >= 0.3 is 0 Å². The molecule has 0 spiro atoms. The Morgan fingerprint density at radius 3 is 2.86 bits per heavy atom. The summed E-state index contributed by atoms with van der Waals surface area (Å²) >= 11 is 3.27. The highest BCUT2D eigenvalue weighted by Crippen LogP contribution is 2.16. The predicted octanol–water partition coefficient (Wildman–Crippen LogP) is 2.40. The Kier molecular flexibility index (Phi) is 4.04. The van der Waals surface area contributed by atoms with Crippen molar-refractivity contribution in [1.29, 1.82) is 5.26 Å². The van der Waals surface area contributed by atoms with E-state index in [2.05, 4.69) is 27.8 Å². The molecule has 0 saturated carbocycles. The molecule has 0 aromatic heterocycles. The number of hydrogen-bond donors (Lipinski definition) is 1. The molecule has 1 rings (SSSR count). The maximum Gasteiger partial charge on any atom is 0.133 e. The number of aromatic hydroxyl groups is 1. The Bertz CT molecular complexity index is 423. The second-order valence-electron chi connectivity index (χ2n) is 2.58. The van der Waals surface area contributed by atoms with E-state index in [0.29, 0.717) is 0 Å². The summed E-state index contributed by atoms with van der Waals surface area (Å²) in [5.41, 5.74) is 1.01. The summed E-state index contributed by atoms with van der Waals surface area (Å²) in [5, 5.41) is 18.7. The molecule has 0 aliphatic heterocycles. The quantitative estimate of drug-likeness (QED) is 0.614. The van der Waals surface area contributed by atoms with Crippen LogP contribution >= 0.6 is 15.9 Å². The summed E-state index contributed by atoms with van der Waals surface area (Å²) < 4.78 is 0. The summed E-state index contributed by atoms with van der Waals surface area (Å²) in [7, 11) is 0. The molecule has 0 aliphatic carbocycles. The molecule has 0 atom stereocenters. The van der Waals surface area contributed by atoms with Crippen LogP contribution in [0.1, 0.15) is 17.5 Å². The van der Waals surface area contributed by atoms with E-state index in [1.54, 1.807) is 12.1 Å². The van der Waals surface area contributed by atoms with Crippen molar-refractivity contribution in [3.63, 3.8) is 0 Å². The van der Waals surface area contributed by atoms with Gasteiger partial charge in [0.1, 0.15) is 11.8 Å². The van der Waals surface area contributed by atoms with Gasteiger partial charge in [-0.1, -0.05) is 27.8 Å². The van der Waals surface area contributed by atoms with Gasteiger partial charge in [-0.15, -0.1) is 0 Å². The number of phenols is 1. The molecule has 0 heterocycles. The Morgan fingerprint density at radius 2 is 2.21 bits per heavy atom. The molecule has 0 aliphatic rings. The average Bonchev–Trinajstić information content (AvgIpc) is 2.21. The van der Waals surface area contributed by atoms with E-state index < -0.39 is 0 Å². The van der Waals surface area contributed by atoms with Gasteiger partial charge in [-0.05, 0) is 18.2 Å². The van der Waals surface area contributed by atoms with Crippen molar-refractivity contribution in [2.45, 2.75) is 6.42 Å². The number of nitriles is 1. The second-order valence-corrected chi connectivity index (χ2v) is 3.38. The Balaban J connectivity index is 2.93. The van der Waals surface area contributed by atoms with E-state index in [1.165, 1.54) is 6.07 Å². The maximum atomic E-state index is 9.23. The first-order chi connectivity index (χ1) is 6.77. The molecule has 70 valence electrons. The van der Waals surface area contributed by atoms with Crippen molar-refractivity contribution in [2.75, 3.05) is 5.33 Å². The molecule has 0 amide bonds. The van der Waals surface area contributed by atoms with Gasteiger partial charge in [-0.2, -0.15) is 5.26 Å². The minimum Gasteiger partial charge on any atom is -0.507 e. The predicted molar refractivity (Wildman–Crippen MR) is 58.1 cm³/mol. The lowest BCUT2D eigenvalue weighted by molar-refractivity contribution is 0.473. The van der Waals surface area contributed by atoms with Crippen molar-refractivity contribution in [1.82, 2.24) is 0 Å². The van der Waals surface area contributed by atoms with Crippen LogP contribution in [0.4, 0.5) is 0 Å². The summed E-state index contributed by atoms with van der Waals surface area (Å²) in [5.74, 6) is 5.84. The Hall–Kier alpha value is -1.45. The zero-order chi connectivity index (χ0) is 10.4. The first-order valence-electron chi connectivity index (χ1n) is 4.06. The average molecular weight is 250 g/mol. The van der Waals surface area contributed by atoms with Crippen LogP contribution in [0.25, 0.3) is 0 Å². The lowest BCUT2D eigenvalue weighted by Gasteiger charge is -1.95. The summed E-state index contributed by atoms with van der Waals surface area (Å²) in [6.45, 7) is 0. The zero-order valence-corrected chi connectivity index (χ0v) is 9.00. The summed E-state index contributed by atoms with van der Waals surface area (Å²) in [6, 6.07) is 6.65. The van der Waals surface area contributed by atoms with E-state index in [-0.39, 0.29) is 11.3 Å². The molecule has 1 aromatic rings. The van der Waals surface area contributed by atoms with Crippen LogP contribution in [0.2, 0.25) is 0 Å². The van der Waals surface area contributed by atoms with Crippen LogP contribution in [-0.4, -0.2) is 10.4 Å². The first-order valence-corrected chi connectivity index (χ1v) is 5.18. The van der Waals surface area contributed by atoms with Gasteiger partial charge in [-0.3, -0.25) is 0 Å². The largest absolute Gasteiger partial charge is 0.507 e. The van der Waals surface area contributed by atoms with Crippen LogP contribution in [-0.2, 0) is 0 Å². The highest BCUT2D eigenvalue weighted by Gasteiger charge is 1.98. The fourth-order valence-electron chi connectivity index (χ4n) is 0.915. The maximum absolute atomic E-state index is 9.23.